The Morgan fingerprint density at radius 2 is 2.00 bits per heavy atom. The molecule has 128 valence electrons. The van der Waals surface area contributed by atoms with Crippen LogP contribution in [0.4, 0.5) is 0 Å². The number of carbonyl (C=O) groups excluding carboxylic acids is 1. The van der Waals surface area contributed by atoms with Crippen molar-refractivity contribution in [3.05, 3.63) is 0 Å². The van der Waals surface area contributed by atoms with Crippen LogP contribution in [0, 0.1) is 5.92 Å². The van der Waals surface area contributed by atoms with Gasteiger partial charge < -0.3 is 14.8 Å². The molecule has 2 aliphatic rings. The lowest BCUT2D eigenvalue weighted by molar-refractivity contribution is -0.126. The summed E-state index contributed by atoms with van der Waals surface area (Å²) in [6, 6.07) is -0.0950. The maximum absolute atomic E-state index is 12.2. The van der Waals surface area contributed by atoms with Crippen molar-refractivity contribution in [2.45, 2.75) is 37.8 Å². The molecule has 0 unspecified atom stereocenters. The molecule has 0 aromatic rings. The van der Waals surface area contributed by atoms with E-state index in [0.29, 0.717) is 32.7 Å². The van der Waals surface area contributed by atoms with Gasteiger partial charge in [-0.1, -0.05) is 0 Å². The van der Waals surface area contributed by atoms with E-state index in [1.807, 2.05) is 0 Å². The van der Waals surface area contributed by atoms with Crippen molar-refractivity contribution >= 4 is 15.9 Å². The summed E-state index contributed by atoms with van der Waals surface area (Å²) in [4.78, 5) is 12.2. The first-order valence-corrected chi connectivity index (χ1v) is 9.60. The summed E-state index contributed by atoms with van der Waals surface area (Å²) in [6.07, 6.45) is 3.92. The number of sulfonamides is 1. The third-order valence-electron chi connectivity index (χ3n) is 4.46. The minimum atomic E-state index is -3.11. The van der Waals surface area contributed by atoms with Gasteiger partial charge in [0.1, 0.15) is 0 Å². The maximum atomic E-state index is 12.2. The first-order chi connectivity index (χ1) is 10.4. The van der Waals surface area contributed by atoms with Crippen molar-refractivity contribution in [3.63, 3.8) is 0 Å². The van der Waals surface area contributed by atoms with Crippen LogP contribution in [0.2, 0.25) is 0 Å². The van der Waals surface area contributed by atoms with Crippen LogP contribution in [-0.2, 0) is 24.3 Å². The Morgan fingerprint density at radius 3 is 2.59 bits per heavy atom. The Hall–Kier alpha value is -0.700. The van der Waals surface area contributed by atoms with Crippen molar-refractivity contribution in [3.8, 4) is 0 Å². The summed E-state index contributed by atoms with van der Waals surface area (Å²) >= 11 is 0. The number of piperidine rings is 1. The summed E-state index contributed by atoms with van der Waals surface area (Å²) in [5, 5.41) is 2.99. The Bertz CT molecular complexity index is 474. The van der Waals surface area contributed by atoms with Gasteiger partial charge in [0.05, 0.1) is 25.0 Å². The van der Waals surface area contributed by atoms with Gasteiger partial charge >= 0.3 is 0 Å². The van der Waals surface area contributed by atoms with E-state index in [-0.39, 0.29) is 24.0 Å². The topological polar surface area (TPSA) is 84.9 Å². The van der Waals surface area contributed by atoms with E-state index in [1.165, 1.54) is 10.6 Å². The first-order valence-electron chi connectivity index (χ1n) is 7.75. The highest BCUT2D eigenvalue weighted by molar-refractivity contribution is 7.88. The van der Waals surface area contributed by atoms with Crippen molar-refractivity contribution < 1.29 is 22.7 Å². The second kappa shape index (κ2) is 7.72. The van der Waals surface area contributed by atoms with Crippen molar-refractivity contribution in [1.29, 1.82) is 0 Å². The minimum absolute atomic E-state index is 0.00430. The average Bonchev–Trinajstić information content (AvgIpc) is 2.47. The standard InChI is InChI=1S/C14H26N2O5S/c1-20-13-5-8-21-10-12(13)15-14(17)9-11-3-6-16(7-4-11)22(2,18)19/h11-13H,3-10H2,1-2H3,(H,15,17)/t12-,13-/m1/s1. The van der Waals surface area contributed by atoms with E-state index in [4.69, 9.17) is 9.47 Å². The molecule has 2 aliphatic heterocycles. The molecule has 22 heavy (non-hydrogen) atoms. The number of ether oxygens (including phenoxy) is 2. The predicted molar refractivity (Wildman–Crippen MR) is 81.9 cm³/mol. The molecule has 2 saturated heterocycles. The van der Waals surface area contributed by atoms with Crippen molar-refractivity contribution in [2.75, 3.05) is 39.7 Å². The lowest BCUT2D eigenvalue weighted by atomic mass is 9.94. The van der Waals surface area contributed by atoms with Crippen LogP contribution >= 0.6 is 0 Å². The molecule has 2 rings (SSSR count). The molecular formula is C14H26N2O5S. The van der Waals surface area contributed by atoms with Gasteiger partial charge in [-0.3, -0.25) is 4.79 Å². The number of nitrogens with zero attached hydrogens (tertiary/aromatic N) is 1. The third kappa shape index (κ3) is 4.91. The molecule has 2 atom stereocenters. The fourth-order valence-electron chi connectivity index (χ4n) is 3.11. The van der Waals surface area contributed by atoms with Crippen LogP contribution in [0.1, 0.15) is 25.7 Å². The average molecular weight is 334 g/mol. The molecule has 8 heteroatoms. The highest BCUT2D eigenvalue weighted by Crippen LogP contribution is 2.22. The molecule has 2 heterocycles. The molecule has 0 aromatic carbocycles. The number of rotatable bonds is 5. The van der Waals surface area contributed by atoms with Gasteiger partial charge in [0.15, 0.2) is 0 Å². The third-order valence-corrected chi connectivity index (χ3v) is 5.76. The van der Waals surface area contributed by atoms with E-state index in [9.17, 15) is 13.2 Å². The number of hydrogen-bond donors (Lipinski definition) is 1. The highest BCUT2D eigenvalue weighted by atomic mass is 32.2. The van der Waals surface area contributed by atoms with Gasteiger partial charge in [0.2, 0.25) is 15.9 Å². The zero-order valence-corrected chi connectivity index (χ0v) is 14.1. The van der Waals surface area contributed by atoms with Gasteiger partial charge in [0, 0.05) is 33.2 Å². The molecule has 0 radical (unpaired) electrons. The normalized spacial score (nSPS) is 28.5. The molecule has 0 aliphatic carbocycles. The van der Waals surface area contributed by atoms with Gasteiger partial charge in [-0.15, -0.1) is 0 Å². The number of methoxy groups -OCH3 is 1. The molecule has 0 aromatic heterocycles. The lowest BCUT2D eigenvalue weighted by Gasteiger charge is -2.32. The Labute approximate surface area is 132 Å². The Morgan fingerprint density at radius 1 is 1.32 bits per heavy atom. The van der Waals surface area contributed by atoms with E-state index in [1.54, 1.807) is 7.11 Å². The zero-order valence-electron chi connectivity index (χ0n) is 13.3. The lowest BCUT2D eigenvalue weighted by Crippen LogP contribution is -2.50. The largest absolute Gasteiger partial charge is 0.379 e. The molecule has 2 fully saturated rings. The van der Waals surface area contributed by atoms with Crippen LogP contribution in [0.25, 0.3) is 0 Å². The molecule has 1 N–H and O–H groups in total. The quantitative estimate of drug-likeness (QED) is 0.763. The monoisotopic (exact) mass is 334 g/mol. The van der Waals surface area contributed by atoms with Gasteiger partial charge in [-0.05, 0) is 25.2 Å². The molecule has 0 spiro atoms. The minimum Gasteiger partial charge on any atom is -0.379 e. The Balaban J connectivity index is 1.76. The van der Waals surface area contributed by atoms with E-state index in [0.717, 1.165) is 19.3 Å². The van der Waals surface area contributed by atoms with Gasteiger partial charge in [-0.2, -0.15) is 0 Å². The summed E-state index contributed by atoms with van der Waals surface area (Å²) < 4.78 is 35.2. The Kier molecular flexibility index (Phi) is 6.19. The SMILES string of the molecule is CO[C@@H]1CCOC[C@H]1NC(=O)CC1CCN(S(C)(=O)=O)CC1. The molecule has 1 amide bonds. The molecular weight excluding hydrogens is 308 g/mol. The van der Waals surface area contributed by atoms with Crippen molar-refractivity contribution in [2.24, 2.45) is 5.92 Å². The number of carbonyl (C=O) groups is 1. The van der Waals surface area contributed by atoms with Gasteiger partial charge in [-0.25, -0.2) is 12.7 Å². The van der Waals surface area contributed by atoms with E-state index in [2.05, 4.69) is 5.32 Å². The van der Waals surface area contributed by atoms with Crippen LogP contribution in [-0.4, -0.2) is 70.4 Å². The number of amides is 1. The summed E-state index contributed by atoms with van der Waals surface area (Å²) in [5.41, 5.74) is 0. The van der Waals surface area contributed by atoms with Gasteiger partial charge in [0.25, 0.3) is 0 Å². The second-order valence-electron chi connectivity index (χ2n) is 6.12. The fourth-order valence-corrected chi connectivity index (χ4v) is 3.98. The number of nitrogens with one attached hydrogen (secondary N) is 1. The van der Waals surface area contributed by atoms with Crippen LogP contribution < -0.4 is 5.32 Å². The van der Waals surface area contributed by atoms with Crippen molar-refractivity contribution in [1.82, 2.24) is 9.62 Å². The van der Waals surface area contributed by atoms with Crippen LogP contribution in [0.5, 0.6) is 0 Å². The van der Waals surface area contributed by atoms with Crippen LogP contribution in [0.15, 0.2) is 0 Å². The summed E-state index contributed by atoms with van der Waals surface area (Å²) in [7, 11) is -1.46. The highest BCUT2D eigenvalue weighted by Gasteiger charge is 2.29. The van der Waals surface area contributed by atoms with E-state index >= 15 is 0 Å². The predicted octanol–water partition coefficient (Wildman–Crippen LogP) is -0.0318. The summed E-state index contributed by atoms with van der Waals surface area (Å²) in [6.45, 7) is 2.15. The molecule has 0 saturated carbocycles. The fraction of sp³-hybridized carbons (Fsp3) is 0.929. The second-order valence-corrected chi connectivity index (χ2v) is 8.10. The summed E-state index contributed by atoms with van der Waals surface area (Å²) in [5.74, 6) is 0.235. The first kappa shape index (κ1) is 17.7. The smallest absolute Gasteiger partial charge is 0.220 e. The number of hydrogen-bond acceptors (Lipinski definition) is 5. The van der Waals surface area contributed by atoms with Crippen LogP contribution in [0.3, 0.4) is 0 Å². The maximum Gasteiger partial charge on any atom is 0.220 e. The molecule has 7 nitrogen and oxygen atoms in total. The zero-order chi connectivity index (χ0) is 16.2. The van der Waals surface area contributed by atoms with E-state index < -0.39 is 10.0 Å². The molecule has 0 bridgehead atoms.